The number of phenols is 1. The zero-order chi connectivity index (χ0) is 16.9. The standard InChI is InChI=1S/C21H23O2P/c1-15-7-10-20(18(11-15)14-22)24-21-13-17(8-9-19(21)23)12-16-5-3-2-4-6-16/h2-5,7-11,13,16,22-24H,6,12,14H2,1H3. The van der Waals surface area contributed by atoms with E-state index < -0.39 is 0 Å². The van der Waals surface area contributed by atoms with Crippen LogP contribution in [0.4, 0.5) is 0 Å². The third-order valence-corrected chi connectivity index (χ3v) is 5.76. The molecule has 2 N–H and O–H groups in total. The summed E-state index contributed by atoms with van der Waals surface area (Å²) in [6, 6.07) is 12.1. The monoisotopic (exact) mass is 338 g/mol. The number of allylic oxidation sites excluding steroid dienone is 4. The Hall–Kier alpha value is -1.89. The second kappa shape index (κ2) is 7.79. The highest BCUT2D eigenvalue weighted by Crippen LogP contribution is 2.24. The van der Waals surface area contributed by atoms with E-state index in [1.54, 1.807) is 6.07 Å². The Morgan fingerprint density at radius 2 is 1.96 bits per heavy atom. The van der Waals surface area contributed by atoms with Crippen molar-refractivity contribution >= 4 is 19.2 Å². The summed E-state index contributed by atoms with van der Waals surface area (Å²) >= 11 is 0. The van der Waals surface area contributed by atoms with E-state index in [0.717, 1.165) is 34.6 Å². The smallest absolute Gasteiger partial charge is 0.123 e. The van der Waals surface area contributed by atoms with Crippen LogP contribution in [-0.2, 0) is 13.0 Å². The number of aliphatic hydroxyl groups is 1. The van der Waals surface area contributed by atoms with E-state index in [0.29, 0.717) is 20.2 Å². The Balaban J connectivity index is 1.81. The van der Waals surface area contributed by atoms with E-state index >= 15 is 0 Å². The molecule has 0 saturated heterocycles. The van der Waals surface area contributed by atoms with E-state index in [1.165, 1.54) is 5.56 Å². The van der Waals surface area contributed by atoms with E-state index in [2.05, 4.69) is 42.5 Å². The number of benzene rings is 2. The van der Waals surface area contributed by atoms with Crippen LogP contribution in [0.25, 0.3) is 0 Å². The predicted octanol–water partition coefficient (Wildman–Crippen LogP) is 3.50. The van der Waals surface area contributed by atoms with Gasteiger partial charge in [-0.1, -0.05) is 62.7 Å². The molecule has 1 aliphatic carbocycles. The fraction of sp³-hybridized carbons (Fsp3) is 0.238. The van der Waals surface area contributed by atoms with Crippen LogP contribution in [0.2, 0.25) is 0 Å². The number of hydrogen-bond donors (Lipinski definition) is 2. The lowest BCUT2D eigenvalue weighted by Gasteiger charge is -2.15. The summed E-state index contributed by atoms with van der Waals surface area (Å²) < 4.78 is 0. The first kappa shape index (κ1) is 17.0. The Bertz CT molecular complexity index is 777. The minimum Gasteiger partial charge on any atom is -0.507 e. The topological polar surface area (TPSA) is 40.5 Å². The van der Waals surface area contributed by atoms with Crippen molar-refractivity contribution in [1.29, 1.82) is 0 Å². The second-order valence-corrected chi connectivity index (χ2v) is 7.64. The normalized spacial score (nSPS) is 17.0. The summed E-state index contributed by atoms with van der Waals surface area (Å²) in [5.41, 5.74) is 3.33. The number of phenolic OH excluding ortho intramolecular Hbond substituents is 1. The van der Waals surface area contributed by atoms with Gasteiger partial charge in [0.1, 0.15) is 5.75 Å². The van der Waals surface area contributed by atoms with Gasteiger partial charge in [0, 0.05) is 5.30 Å². The van der Waals surface area contributed by atoms with Crippen LogP contribution in [0.15, 0.2) is 60.7 Å². The average Bonchev–Trinajstić information content (AvgIpc) is 2.60. The molecule has 2 aromatic rings. The molecule has 0 heterocycles. The highest BCUT2D eigenvalue weighted by Gasteiger charge is 2.11. The van der Waals surface area contributed by atoms with Gasteiger partial charge in [-0.3, -0.25) is 0 Å². The van der Waals surface area contributed by atoms with E-state index in [4.69, 9.17) is 0 Å². The molecule has 0 aromatic heterocycles. The van der Waals surface area contributed by atoms with Crippen LogP contribution in [0.5, 0.6) is 5.75 Å². The van der Waals surface area contributed by atoms with E-state index in [1.807, 2.05) is 19.1 Å². The van der Waals surface area contributed by atoms with Crippen LogP contribution in [-0.4, -0.2) is 10.2 Å². The maximum Gasteiger partial charge on any atom is 0.123 e. The molecule has 2 unspecified atom stereocenters. The molecule has 0 saturated carbocycles. The summed E-state index contributed by atoms with van der Waals surface area (Å²) in [6.45, 7) is 2.06. The van der Waals surface area contributed by atoms with E-state index in [-0.39, 0.29) is 6.61 Å². The number of aliphatic hydroxyl groups excluding tert-OH is 1. The third-order valence-electron chi connectivity index (χ3n) is 4.33. The summed E-state index contributed by atoms with van der Waals surface area (Å²) in [5.74, 6) is 0.865. The van der Waals surface area contributed by atoms with Gasteiger partial charge in [-0.2, -0.15) is 0 Å². The summed E-state index contributed by atoms with van der Waals surface area (Å²) in [5, 5.41) is 21.9. The lowest BCUT2D eigenvalue weighted by molar-refractivity contribution is 0.283. The van der Waals surface area contributed by atoms with Crippen LogP contribution in [0, 0.1) is 12.8 Å². The molecular weight excluding hydrogens is 315 g/mol. The van der Waals surface area contributed by atoms with Crippen molar-refractivity contribution < 1.29 is 10.2 Å². The van der Waals surface area contributed by atoms with Crippen LogP contribution >= 0.6 is 8.58 Å². The second-order valence-electron chi connectivity index (χ2n) is 6.31. The van der Waals surface area contributed by atoms with Crippen molar-refractivity contribution in [1.82, 2.24) is 0 Å². The maximum atomic E-state index is 10.2. The molecule has 24 heavy (non-hydrogen) atoms. The first-order chi connectivity index (χ1) is 11.7. The average molecular weight is 338 g/mol. The Morgan fingerprint density at radius 3 is 2.71 bits per heavy atom. The predicted molar refractivity (Wildman–Crippen MR) is 103 cm³/mol. The van der Waals surface area contributed by atoms with Crippen molar-refractivity contribution in [2.45, 2.75) is 26.4 Å². The fourth-order valence-corrected chi connectivity index (χ4v) is 4.25. The largest absolute Gasteiger partial charge is 0.507 e. The number of hydrogen-bond acceptors (Lipinski definition) is 2. The first-order valence-corrected chi connectivity index (χ1v) is 9.28. The SMILES string of the molecule is Cc1ccc(Pc2cc(CC3C=CC=CC3)ccc2O)c(CO)c1. The van der Waals surface area contributed by atoms with Gasteiger partial charge >= 0.3 is 0 Å². The molecule has 2 aromatic carbocycles. The van der Waals surface area contributed by atoms with Crippen molar-refractivity contribution in [3.63, 3.8) is 0 Å². The van der Waals surface area contributed by atoms with Gasteiger partial charge in [-0.15, -0.1) is 0 Å². The number of rotatable bonds is 5. The number of aromatic hydroxyl groups is 1. The minimum absolute atomic E-state index is 0.0314. The molecule has 2 atom stereocenters. The molecule has 0 amide bonds. The molecule has 1 aliphatic rings. The summed E-state index contributed by atoms with van der Waals surface area (Å²) in [6.07, 6.45) is 10.7. The van der Waals surface area contributed by atoms with Gasteiger partial charge in [0.15, 0.2) is 0 Å². The maximum absolute atomic E-state index is 10.2. The molecule has 0 aliphatic heterocycles. The van der Waals surface area contributed by atoms with Gasteiger partial charge in [0.05, 0.1) is 6.61 Å². The minimum atomic E-state index is 0.0314. The summed E-state index contributed by atoms with van der Waals surface area (Å²) in [4.78, 5) is 0. The van der Waals surface area contributed by atoms with Gasteiger partial charge in [0.2, 0.25) is 0 Å². The quantitative estimate of drug-likeness (QED) is 0.819. The van der Waals surface area contributed by atoms with Gasteiger partial charge in [0.25, 0.3) is 0 Å². The highest BCUT2D eigenvalue weighted by molar-refractivity contribution is 7.55. The van der Waals surface area contributed by atoms with Crippen molar-refractivity contribution in [3.8, 4) is 5.75 Å². The highest BCUT2D eigenvalue weighted by atomic mass is 31.1. The molecule has 2 nitrogen and oxygen atoms in total. The molecular formula is C21H23O2P. The van der Waals surface area contributed by atoms with Crippen LogP contribution in [0.3, 0.4) is 0 Å². The molecule has 0 radical (unpaired) electrons. The van der Waals surface area contributed by atoms with Crippen molar-refractivity contribution in [2.75, 3.05) is 0 Å². The van der Waals surface area contributed by atoms with Crippen molar-refractivity contribution in [3.05, 3.63) is 77.4 Å². The molecule has 0 spiro atoms. The zero-order valence-corrected chi connectivity index (χ0v) is 14.9. The molecule has 124 valence electrons. The lowest BCUT2D eigenvalue weighted by Crippen LogP contribution is -2.11. The summed E-state index contributed by atoms with van der Waals surface area (Å²) in [7, 11) is 0.344. The van der Waals surface area contributed by atoms with Crippen LogP contribution in [0.1, 0.15) is 23.1 Å². The van der Waals surface area contributed by atoms with Gasteiger partial charge < -0.3 is 10.2 Å². The Morgan fingerprint density at radius 1 is 1.08 bits per heavy atom. The molecule has 3 rings (SSSR count). The lowest BCUT2D eigenvalue weighted by atomic mass is 9.93. The van der Waals surface area contributed by atoms with Crippen LogP contribution < -0.4 is 10.6 Å². The number of aryl methyl sites for hydroxylation is 1. The Kier molecular flexibility index (Phi) is 5.50. The van der Waals surface area contributed by atoms with E-state index in [9.17, 15) is 10.2 Å². The Labute approximate surface area is 145 Å². The van der Waals surface area contributed by atoms with Gasteiger partial charge in [-0.05, 0) is 54.2 Å². The molecule has 0 fully saturated rings. The van der Waals surface area contributed by atoms with Gasteiger partial charge in [-0.25, -0.2) is 0 Å². The molecule has 0 bridgehead atoms. The fourth-order valence-electron chi connectivity index (χ4n) is 3.02. The third kappa shape index (κ3) is 4.14. The zero-order valence-electron chi connectivity index (χ0n) is 13.9. The molecule has 3 heteroatoms. The first-order valence-electron chi connectivity index (χ1n) is 8.28. The van der Waals surface area contributed by atoms with Crippen molar-refractivity contribution in [2.24, 2.45) is 5.92 Å².